The number of rotatable bonds is 4. The third-order valence-corrected chi connectivity index (χ3v) is 5.90. The molecule has 6 nitrogen and oxygen atoms in total. The van der Waals surface area contributed by atoms with E-state index >= 15 is 0 Å². The molecule has 0 aromatic heterocycles. The first-order valence-electron chi connectivity index (χ1n) is 9.56. The lowest BCUT2D eigenvalue weighted by atomic mass is 9.85. The van der Waals surface area contributed by atoms with Crippen molar-refractivity contribution in [2.24, 2.45) is 4.99 Å². The summed E-state index contributed by atoms with van der Waals surface area (Å²) >= 11 is 6.46. The molecule has 4 rings (SSSR count). The Labute approximate surface area is 174 Å². The van der Waals surface area contributed by atoms with Gasteiger partial charge in [0.15, 0.2) is 12.0 Å². The lowest BCUT2D eigenvalue weighted by Crippen LogP contribution is -2.61. The summed E-state index contributed by atoms with van der Waals surface area (Å²) in [5, 5.41) is 31.1. The Morgan fingerprint density at radius 2 is 1.79 bits per heavy atom. The molecule has 154 valence electrons. The summed E-state index contributed by atoms with van der Waals surface area (Å²) < 4.78 is 11.7. The molecule has 0 amide bonds. The second kappa shape index (κ2) is 7.70. The molecule has 1 saturated heterocycles. The summed E-state index contributed by atoms with van der Waals surface area (Å²) in [7, 11) is 0. The van der Waals surface area contributed by atoms with Gasteiger partial charge in [-0.2, -0.15) is 0 Å². The maximum Gasteiger partial charge on any atom is 0.228 e. The molecule has 3 N–H and O–H groups in total. The standard InChI is InChI=1S/C22H24ClNO5/c1-12-3-5-14(6-4-12)9-15-10-16(7-8-17(15)23)22-21(28-13(2)24-22)20(27)19(26)18(11-25)29-22/h3-8,10,18-21,25-27H,9,11H2,1-2H3/t18-,19-,20+,21?,22?/m1/s1. The average molecular weight is 418 g/mol. The molecule has 0 radical (unpaired) electrons. The molecule has 0 aliphatic carbocycles. The molecule has 29 heavy (non-hydrogen) atoms. The quantitative estimate of drug-likeness (QED) is 0.710. The lowest BCUT2D eigenvalue weighted by molar-refractivity contribution is -0.262. The van der Waals surface area contributed by atoms with Crippen molar-refractivity contribution in [3.05, 3.63) is 69.7 Å². The Morgan fingerprint density at radius 3 is 2.48 bits per heavy atom. The van der Waals surface area contributed by atoms with Gasteiger partial charge in [0.1, 0.15) is 18.3 Å². The third-order valence-electron chi connectivity index (χ3n) is 5.53. The smallest absolute Gasteiger partial charge is 0.228 e. The van der Waals surface area contributed by atoms with Gasteiger partial charge in [-0.05, 0) is 36.6 Å². The SMILES string of the molecule is CC1=NC2(c3ccc(Cl)c(Cc4ccc(C)cc4)c3)O[C@H](CO)[C@@H](O)[C@H](O)C2O1. The van der Waals surface area contributed by atoms with Crippen LogP contribution in [0.4, 0.5) is 0 Å². The van der Waals surface area contributed by atoms with Crippen molar-refractivity contribution in [3.63, 3.8) is 0 Å². The van der Waals surface area contributed by atoms with Crippen LogP contribution in [0.2, 0.25) is 5.02 Å². The molecular formula is C22H24ClNO5. The number of halogens is 1. The van der Waals surface area contributed by atoms with E-state index in [4.69, 9.17) is 21.1 Å². The van der Waals surface area contributed by atoms with Crippen LogP contribution in [-0.4, -0.2) is 52.2 Å². The number of ether oxygens (including phenoxy) is 2. The molecule has 0 saturated carbocycles. The van der Waals surface area contributed by atoms with Crippen molar-refractivity contribution >= 4 is 17.5 Å². The number of aliphatic imine (C=N–C) groups is 1. The predicted molar refractivity (Wildman–Crippen MR) is 109 cm³/mol. The number of fused-ring (bicyclic) bond motifs is 1. The zero-order chi connectivity index (χ0) is 20.8. The van der Waals surface area contributed by atoms with E-state index in [0.717, 1.165) is 11.1 Å². The average Bonchev–Trinajstić information content (AvgIpc) is 3.05. The van der Waals surface area contributed by atoms with Crippen molar-refractivity contribution in [3.8, 4) is 0 Å². The minimum atomic E-state index is -1.36. The minimum Gasteiger partial charge on any atom is -0.469 e. The molecule has 2 heterocycles. The third kappa shape index (κ3) is 3.56. The number of aliphatic hydroxyl groups excluding tert-OH is 3. The van der Waals surface area contributed by atoms with Gasteiger partial charge in [0.2, 0.25) is 5.72 Å². The summed E-state index contributed by atoms with van der Waals surface area (Å²) in [6.07, 6.45) is -3.84. The van der Waals surface area contributed by atoms with E-state index in [0.29, 0.717) is 22.9 Å². The Morgan fingerprint density at radius 1 is 1.07 bits per heavy atom. The van der Waals surface area contributed by atoms with Gasteiger partial charge in [-0.25, -0.2) is 4.99 Å². The maximum atomic E-state index is 10.6. The Hall–Kier alpha value is -1.96. The van der Waals surface area contributed by atoms with Crippen LogP contribution >= 0.6 is 11.6 Å². The highest BCUT2D eigenvalue weighted by atomic mass is 35.5. The first-order valence-corrected chi connectivity index (χ1v) is 9.94. The Kier molecular flexibility index (Phi) is 5.40. The summed E-state index contributed by atoms with van der Waals surface area (Å²) in [5.41, 5.74) is 2.46. The second-order valence-electron chi connectivity index (χ2n) is 7.65. The van der Waals surface area contributed by atoms with Gasteiger partial charge in [-0.15, -0.1) is 0 Å². The van der Waals surface area contributed by atoms with Crippen LogP contribution < -0.4 is 0 Å². The van der Waals surface area contributed by atoms with Crippen LogP contribution in [0.3, 0.4) is 0 Å². The highest BCUT2D eigenvalue weighted by molar-refractivity contribution is 6.31. The topological polar surface area (TPSA) is 91.5 Å². The molecule has 0 bridgehead atoms. The van der Waals surface area contributed by atoms with E-state index in [-0.39, 0.29) is 0 Å². The van der Waals surface area contributed by atoms with Crippen LogP contribution in [0.25, 0.3) is 0 Å². The second-order valence-corrected chi connectivity index (χ2v) is 8.06. The van der Waals surface area contributed by atoms with Gasteiger partial charge in [0.05, 0.1) is 6.61 Å². The van der Waals surface area contributed by atoms with E-state index in [1.54, 1.807) is 19.1 Å². The minimum absolute atomic E-state index is 0.342. The van der Waals surface area contributed by atoms with E-state index in [1.165, 1.54) is 5.56 Å². The fraction of sp³-hybridized carbons (Fsp3) is 0.409. The molecule has 2 aliphatic rings. The molecule has 2 unspecified atom stereocenters. The van der Waals surface area contributed by atoms with Crippen LogP contribution in [-0.2, 0) is 21.6 Å². The van der Waals surface area contributed by atoms with Gasteiger partial charge >= 0.3 is 0 Å². The zero-order valence-electron chi connectivity index (χ0n) is 16.2. The van der Waals surface area contributed by atoms with Crippen molar-refractivity contribution in [2.45, 2.75) is 50.4 Å². The zero-order valence-corrected chi connectivity index (χ0v) is 17.0. The van der Waals surface area contributed by atoms with Crippen molar-refractivity contribution < 1.29 is 24.8 Å². The van der Waals surface area contributed by atoms with Crippen LogP contribution in [0.1, 0.15) is 29.2 Å². The van der Waals surface area contributed by atoms with Crippen LogP contribution in [0.15, 0.2) is 47.5 Å². The number of hydrogen-bond acceptors (Lipinski definition) is 6. The summed E-state index contributed by atoms with van der Waals surface area (Å²) in [4.78, 5) is 4.53. The summed E-state index contributed by atoms with van der Waals surface area (Å²) in [5.74, 6) is 0.342. The molecule has 5 atom stereocenters. The van der Waals surface area contributed by atoms with E-state index < -0.39 is 36.7 Å². The maximum absolute atomic E-state index is 10.6. The first-order chi connectivity index (χ1) is 13.8. The van der Waals surface area contributed by atoms with E-state index in [9.17, 15) is 15.3 Å². The lowest BCUT2D eigenvalue weighted by Gasteiger charge is -2.44. The summed E-state index contributed by atoms with van der Waals surface area (Å²) in [6.45, 7) is 3.25. The number of nitrogens with zero attached hydrogens (tertiary/aromatic N) is 1. The van der Waals surface area contributed by atoms with Crippen molar-refractivity contribution in [2.75, 3.05) is 6.61 Å². The Balaban J connectivity index is 1.75. The van der Waals surface area contributed by atoms with E-state index in [2.05, 4.69) is 17.1 Å². The monoisotopic (exact) mass is 417 g/mol. The molecule has 2 aliphatic heterocycles. The highest BCUT2D eigenvalue weighted by Crippen LogP contribution is 2.45. The van der Waals surface area contributed by atoms with E-state index in [1.807, 2.05) is 25.1 Å². The van der Waals surface area contributed by atoms with Gasteiger partial charge in [0, 0.05) is 17.5 Å². The highest BCUT2D eigenvalue weighted by Gasteiger charge is 2.59. The molecule has 7 heteroatoms. The number of aliphatic hydroxyl groups is 3. The fourth-order valence-electron chi connectivity index (χ4n) is 3.98. The predicted octanol–water partition coefficient (Wildman–Crippen LogP) is 2.32. The van der Waals surface area contributed by atoms with Gasteiger partial charge < -0.3 is 24.8 Å². The number of hydrogen-bond donors (Lipinski definition) is 3. The molecular weight excluding hydrogens is 394 g/mol. The molecule has 2 aromatic carbocycles. The van der Waals surface area contributed by atoms with Gasteiger partial charge in [-0.1, -0.05) is 47.5 Å². The van der Waals surface area contributed by atoms with Gasteiger partial charge in [-0.3, -0.25) is 0 Å². The molecule has 2 aromatic rings. The van der Waals surface area contributed by atoms with Crippen molar-refractivity contribution in [1.82, 2.24) is 0 Å². The molecule has 1 fully saturated rings. The number of benzene rings is 2. The van der Waals surface area contributed by atoms with Crippen molar-refractivity contribution in [1.29, 1.82) is 0 Å². The largest absolute Gasteiger partial charge is 0.469 e. The summed E-state index contributed by atoms with van der Waals surface area (Å²) in [6, 6.07) is 13.6. The van der Waals surface area contributed by atoms with Crippen LogP contribution in [0, 0.1) is 6.92 Å². The normalized spacial score (nSPS) is 31.2. The van der Waals surface area contributed by atoms with Gasteiger partial charge in [0.25, 0.3) is 0 Å². The molecule has 0 spiro atoms. The van der Waals surface area contributed by atoms with Crippen LogP contribution in [0.5, 0.6) is 0 Å². The fourth-order valence-corrected chi connectivity index (χ4v) is 4.17. The Bertz CT molecular complexity index is 931. The first kappa shape index (κ1) is 20.3. The number of aryl methyl sites for hydroxylation is 1.